The molecule has 0 N–H and O–H groups in total. The van der Waals surface area contributed by atoms with Crippen molar-refractivity contribution in [2.75, 3.05) is 4.90 Å². The number of aromatic nitrogens is 2. The minimum absolute atomic E-state index is 0.942. The van der Waals surface area contributed by atoms with Crippen molar-refractivity contribution in [2.45, 2.75) is 0 Å². The molecule has 10 aromatic carbocycles. The van der Waals surface area contributed by atoms with Gasteiger partial charge in [0.1, 0.15) is 5.82 Å². The number of hydrogen-bond acceptors (Lipinski definition) is 2. The maximum absolute atomic E-state index is 5.26. The molecule has 1 aromatic heterocycles. The van der Waals surface area contributed by atoms with Crippen LogP contribution in [-0.2, 0) is 0 Å². The first-order valence-corrected chi connectivity index (χ1v) is 19.2. The Bertz CT molecular complexity index is 3300. The van der Waals surface area contributed by atoms with Gasteiger partial charge < -0.3 is 4.90 Å². The lowest BCUT2D eigenvalue weighted by Crippen LogP contribution is -2.18. The van der Waals surface area contributed by atoms with Crippen LogP contribution in [0.4, 0.5) is 17.1 Å². The van der Waals surface area contributed by atoms with E-state index in [1.54, 1.807) is 0 Å². The summed E-state index contributed by atoms with van der Waals surface area (Å²) in [5, 5.41) is 10.0. The standard InChI is InChI=1S/C53H33N3/c1-3-16-34(17-4-1)53-54-46-28-15-29-48-52(46)56(53)47-31-30-36(33-49(47)55(48)37-19-5-2-6-20-37)50-41-24-11-13-26-43(41)51(44-27-14-12-25-42(44)50)45-32-35-18-7-8-21-38(35)39-22-9-10-23-40(39)45/h1-33H. The fourth-order valence-electron chi connectivity index (χ4n) is 9.33. The Morgan fingerprint density at radius 2 is 0.946 bits per heavy atom. The van der Waals surface area contributed by atoms with Gasteiger partial charge in [0.15, 0.2) is 0 Å². The fourth-order valence-corrected chi connectivity index (χ4v) is 9.33. The second kappa shape index (κ2) is 12.0. The molecule has 0 amide bonds. The third-order valence-corrected chi connectivity index (χ3v) is 11.7. The number of fused-ring (bicyclic) bond motifs is 7. The molecule has 3 nitrogen and oxygen atoms in total. The van der Waals surface area contributed by atoms with E-state index in [0.717, 1.165) is 45.2 Å². The van der Waals surface area contributed by atoms with E-state index in [2.05, 4.69) is 210 Å². The number of hydrogen-bond donors (Lipinski definition) is 0. The van der Waals surface area contributed by atoms with E-state index < -0.39 is 0 Å². The van der Waals surface area contributed by atoms with Crippen molar-refractivity contribution < 1.29 is 0 Å². The van der Waals surface area contributed by atoms with Gasteiger partial charge in [-0.15, -0.1) is 0 Å². The highest BCUT2D eigenvalue weighted by atomic mass is 15.2. The second-order valence-electron chi connectivity index (χ2n) is 14.7. The molecule has 0 atom stereocenters. The van der Waals surface area contributed by atoms with E-state index in [0.29, 0.717) is 0 Å². The molecule has 56 heavy (non-hydrogen) atoms. The van der Waals surface area contributed by atoms with Crippen molar-refractivity contribution >= 4 is 71.2 Å². The van der Waals surface area contributed by atoms with Gasteiger partial charge in [0.25, 0.3) is 0 Å². The smallest absolute Gasteiger partial charge is 0.145 e. The molecule has 1 aliphatic rings. The average molecular weight is 712 g/mol. The molecule has 2 heterocycles. The number of nitrogens with zero attached hydrogens (tertiary/aromatic N) is 3. The van der Waals surface area contributed by atoms with Crippen LogP contribution in [0.25, 0.3) is 93.5 Å². The van der Waals surface area contributed by atoms with Gasteiger partial charge in [-0.05, 0) is 108 Å². The number of anilines is 3. The third-order valence-electron chi connectivity index (χ3n) is 11.7. The Hall–Kier alpha value is -7.49. The van der Waals surface area contributed by atoms with E-state index >= 15 is 0 Å². The zero-order valence-electron chi connectivity index (χ0n) is 30.4. The van der Waals surface area contributed by atoms with Crippen LogP contribution in [0.3, 0.4) is 0 Å². The normalized spacial score (nSPS) is 12.2. The van der Waals surface area contributed by atoms with E-state index in [4.69, 9.17) is 4.98 Å². The maximum Gasteiger partial charge on any atom is 0.145 e. The van der Waals surface area contributed by atoms with Crippen LogP contribution in [0.2, 0.25) is 0 Å². The Kier molecular flexibility index (Phi) is 6.63. The Morgan fingerprint density at radius 3 is 1.66 bits per heavy atom. The molecule has 0 saturated heterocycles. The number of imidazole rings is 1. The molecule has 12 rings (SSSR count). The molecule has 0 saturated carbocycles. The molecule has 1 aliphatic heterocycles. The van der Waals surface area contributed by atoms with Gasteiger partial charge in [0.2, 0.25) is 0 Å². The molecule has 0 spiro atoms. The first-order valence-electron chi connectivity index (χ1n) is 19.2. The Labute approximate surface area is 324 Å². The SMILES string of the molecule is c1ccc(-c2nc3cccc4c3n2-c2ccc(-c3c5ccccc5c(-c5cc6ccccc6c6ccccc56)c5ccccc35)cc2N4c2ccccc2)cc1. The summed E-state index contributed by atoms with van der Waals surface area (Å²) in [6.45, 7) is 0. The van der Waals surface area contributed by atoms with Gasteiger partial charge in [0, 0.05) is 11.3 Å². The topological polar surface area (TPSA) is 21.1 Å². The maximum atomic E-state index is 5.26. The molecule has 3 heteroatoms. The van der Waals surface area contributed by atoms with E-state index in [-0.39, 0.29) is 0 Å². The lowest BCUT2D eigenvalue weighted by Gasteiger charge is -2.33. The summed E-state index contributed by atoms with van der Waals surface area (Å²) in [6, 6.07) is 72.8. The van der Waals surface area contributed by atoms with Gasteiger partial charge >= 0.3 is 0 Å². The first kappa shape index (κ1) is 30.9. The van der Waals surface area contributed by atoms with Gasteiger partial charge in [-0.3, -0.25) is 4.57 Å². The van der Waals surface area contributed by atoms with Crippen LogP contribution in [-0.4, -0.2) is 9.55 Å². The quantitative estimate of drug-likeness (QED) is 0.134. The summed E-state index contributed by atoms with van der Waals surface area (Å²) >= 11 is 0. The molecular formula is C53H33N3. The third kappa shape index (κ3) is 4.43. The summed E-state index contributed by atoms with van der Waals surface area (Å²) in [4.78, 5) is 7.67. The van der Waals surface area contributed by atoms with Gasteiger partial charge in [-0.25, -0.2) is 4.98 Å². The summed E-state index contributed by atoms with van der Waals surface area (Å²) in [6.07, 6.45) is 0. The van der Waals surface area contributed by atoms with Crippen LogP contribution in [0.5, 0.6) is 0 Å². The second-order valence-corrected chi connectivity index (χ2v) is 14.7. The van der Waals surface area contributed by atoms with E-state index in [1.807, 2.05) is 0 Å². The lowest BCUT2D eigenvalue weighted by atomic mass is 9.83. The molecule has 0 fully saturated rings. The van der Waals surface area contributed by atoms with Crippen LogP contribution in [0.1, 0.15) is 0 Å². The van der Waals surface area contributed by atoms with Gasteiger partial charge in [0.05, 0.1) is 28.1 Å². The molecular weight excluding hydrogens is 679 g/mol. The zero-order valence-corrected chi connectivity index (χ0v) is 30.4. The van der Waals surface area contributed by atoms with Crippen molar-refractivity contribution in [3.8, 4) is 39.3 Å². The van der Waals surface area contributed by atoms with Crippen LogP contribution >= 0.6 is 0 Å². The van der Waals surface area contributed by atoms with Gasteiger partial charge in [-0.1, -0.05) is 158 Å². The molecule has 0 unspecified atom stereocenters. The van der Waals surface area contributed by atoms with Crippen LogP contribution < -0.4 is 4.90 Å². The number of para-hydroxylation sites is 2. The molecule has 0 aliphatic carbocycles. The predicted octanol–water partition coefficient (Wildman–Crippen LogP) is 14.4. The summed E-state index contributed by atoms with van der Waals surface area (Å²) in [5.41, 5.74) is 12.5. The Balaban J connectivity index is 1.17. The molecule has 11 aromatic rings. The first-order chi connectivity index (χ1) is 27.8. The average Bonchev–Trinajstić information content (AvgIpc) is 3.67. The fraction of sp³-hybridized carbons (Fsp3) is 0. The van der Waals surface area contributed by atoms with Crippen LogP contribution in [0, 0.1) is 0 Å². The summed E-state index contributed by atoms with van der Waals surface area (Å²) in [7, 11) is 0. The minimum atomic E-state index is 0.942. The Morgan fingerprint density at radius 1 is 0.357 bits per heavy atom. The number of benzene rings is 10. The zero-order chi connectivity index (χ0) is 36.7. The lowest BCUT2D eigenvalue weighted by molar-refractivity contribution is 1.06. The van der Waals surface area contributed by atoms with E-state index in [9.17, 15) is 0 Å². The number of rotatable bonds is 4. The molecule has 0 bridgehead atoms. The van der Waals surface area contributed by atoms with Gasteiger partial charge in [-0.2, -0.15) is 0 Å². The highest BCUT2D eigenvalue weighted by Gasteiger charge is 2.30. The minimum Gasteiger partial charge on any atom is -0.306 e. The predicted molar refractivity (Wildman–Crippen MR) is 236 cm³/mol. The summed E-state index contributed by atoms with van der Waals surface area (Å²) < 4.78 is 2.36. The van der Waals surface area contributed by atoms with Crippen molar-refractivity contribution in [3.63, 3.8) is 0 Å². The van der Waals surface area contributed by atoms with Crippen molar-refractivity contribution in [1.29, 1.82) is 0 Å². The van der Waals surface area contributed by atoms with Crippen molar-refractivity contribution in [2.24, 2.45) is 0 Å². The monoisotopic (exact) mass is 711 g/mol. The highest BCUT2D eigenvalue weighted by molar-refractivity contribution is 6.26. The van der Waals surface area contributed by atoms with Crippen molar-refractivity contribution in [1.82, 2.24) is 9.55 Å². The molecule has 0 radical (unpaired) electrons. The van der Waals surface area contributed by atoms with Crippen molar-refractivity contribution in [3.05, 3.63) is 200 Å². The van der Waals surface area contributed by atoms with E-state index in [1.165, 1.54) is 65.3 Å². The highest BCUT2D eigenvalue weighted by Crippen LogP contribution is 2.51. The summed E-state index contributed by atoms with van der Waals surface area (Å²) in [5.74, 6) is 0.942. The largest absolute Gasteiger partial charge is 0.306 e. The molecule has 260 valence electrons. The van der Waals surface area contributed by atoms with Crippen LogP contribution in [0.15, 0.2) is 200 Å².